The minimum atomic E-state index is 0.548. The van der Waals surface area contributed by atoms with E-state index in [1.807, 2.05) is 41.4 Å². The predicted octanol–water partition coefficient (Wildman–Crippen LogP) is 4.41. The summed E-state index contributed by atoms with van der Waals surface area (Å²) < 4.78 is 6.77. The number of halogens is 2. The Balaban J connectivity index is 0.000000595. The van der Waals surface area contributed by atoms with Crippen LogP contribution in [-0.4, -0.2) is 19.3 Å². The number of aldehydes is 1. The van der Waals surface area contributed by atoms with Crippen molar-refractivity contribution in [2.75, 3.05) is 11.7 Å². The van der Waals surface area contributed by atoms with Gasteiger partial charge in [-0.05, 0) is 43.3 Å². The number of ether oxygens (including phenoxy) is 1. The Kier molecular flexibility index (Phi) is 6.43. The van der Waals surface area contributed by atoms with Crippen molar-refractivity contribution in [3.05, 3.63) is 52.0 Å². The molecule has 120 valence electrons. The summed E-state index contributed by atoms with van der Waals surface area (Å²) in [5, 5.41) is 2.46. The van der Waals surface area contributed by atoms with Crippen LogP contribution in [0, 0.1) is 0 Å². The van der Waals surface area contributed by atoms with E-state index < -0.39 is 0 Å². The van der Waals surface area contributed by atoms with Crippen LogP contribution in [0.4, 0.5) is 5.69 Å². The molecule has 1 aliphatic heterocycles. The predicted molar refractivity (Wildman–Crippen MR) is 96.4 cm³/mol. The van der Waals surface area contributed by atoms with Crippen LogP contribution in [0.1, 0.15) is 6.92 Å². The Morgan fingerprint density at radius 1 is 1.26 bits per heavy atom. The molecule has 1 aliphatic rings. The smallest absolute Gasteiger partial charge is 0.131 e. The largest absolute Gasteiger partial charge is 0.457 e. The summed E-state index contributed by atoms with van der Waals surface area (Å²) >= 11 is 9.66. The van der Waals surface area contributed by atoms with Crippen molar-refractivity contribution in [3.63, 3.8) is 0 Å². The number of nitrogens with one attached hydrogen (secondary N) is 1. The minimum absolute atomic E-state index is 0.548. The number of hydrogen-bond donors (Lipinski definition) is 1. The Morgan fingerprint density at radius 2 is 1.91 bits per heavy atom. The van der Waals surface area contributed by atoms with E-state index >= 15 is 0 Å². The Bertz CT molecular complexity index is 684. The lowest BCUT2D eigenvalue weighted by molar-refractivity contribution is -0.106. The summed E-state index contributed by atoms with van der Waals surface area (Å²) in [5.74, 6) is 1.46. The van der Waals surface area contributed by atoms with Crippen LogP contribution in [-0.2, 0) is 4.79 Å². The number of nitrogens with zero attached hydrogens (tertiary/aromatic N) is 2. The average molecular weight is 397 g/mol. The number of hydrazine groups is 1. The molecule has 0 spiro atoms. The Hall–Kier alpha value is -2.05. The zero-order chi connectivity index (χ0) is 16.7. The number of benzene rings is 2. The number of anilines is 1. The quantitative estimate of drug-likeness (QED) is 0.781. The third kappa shape index (κ3) is 4.97. The van der Waals surface area contributed by atoms with Crippen molar-refractivity contribution in [1.29, 1.82) is 0 Å². The van der Waals surface area contributed by atoms with Gasteiger partial charge in [0.25, 0.3) is 0 Å². The van der Waals surface area contributed by atoms with Crippen LogP contribution in [0.15, 0.2) is 51.9 Å². The fourth-order valence-electron chi connectivity index (χ4n) is 1.83. The van der Waals surface area contributed by atoms with Gasteiger partial charge in [-0.2, -0.15) is 0 Å². The Morgan fingerprint density at radius 3 is 2.48 bits per heavy atom. The number of aliphatic imine (C=N–C) groups is 1. The molecule has 0 fully saturated rings. The zero-order valence-electron chi connectivity index (χ0n) is 12.4. The van der Waals surface area contributed by atoms with E-state index in [-0.39, 0.29) is 0 Å². The lowest BCUT2D eigenvalue weighted by Gasteiger charge is -2.18. The van der Waals surface area contributed by atoms with Crippen LogP contribution in [0.2, 0.25) is 5.02 Å². The second-order valence-corrected chi connectivity index (χ2v) is 5.74. The third-order valence-electron chi connectivity index (χ3n) is 2.79. The topological polar surface area (TPSA) is 53.9 Å². The van der Waals surface area contributed by atoms with Gasteiger partial charge in [0.15, 0.2) is 0 Å². The van der Waals surface area contributed by atoms with Crippen molar-refractivity contribution in [3.8, 4) is 11.5 Å². The van der Waals surface area contributed by atoms with Gasteiger partial charge in [-0.3, -0.25) is 15.4 Å². The zero-order valence-corrected chi connectivity index (χ0v) is 14.7. The van der Waals surface area contributed by atoms with Gasteiger partial charge in [0.2, 0.25) is 0 Å². The highest BCUT2D eigenvalue weighted by Crippen LogP contribution is 2.32. The molecule has 0 unspecified atom stereocenters. The van der Waals surface area contributed by atoms with Gasteiger partial charge in [-0.15, -0.1) is 0 Å². The van der Waals surface area contributed by atoms with Gasteiger partial charge in [0.1, 0.15) is 30.8 Å². The Labute approximate surface area is 148 Å². The molecule has 0 radical (unpaired) electrons. The first-order chi connectivity index (χ1) is 11.1. The molecule has 5 nitrogen and oxygen atoms in total. The van der Waals surface area contributed by atoms with Gasteiger partial charge in [-0.1, -0.05) is 27.5 Å². The van der Waals surface area contributed by atoms with Crippen molar-refractivity contribution >= 4 is 45.8 Å². The van der Waals surface area contributed by atoms with E-state index in [0.717, 1.165) is 22.2 Å². The normalized spacial score (nSPS) is 12.2. The van der Waals surface area contributed by atoms with Crippen molar-refractivity contribution < 1.29 is 9.53 Å². The number of hydrogen-bond acceptors (Lipinski definition) is 5. The first-order valence-corrected chi connectivity index (χ1v) is 7.96. The van der Waals surface area contributed by atoms with Gasteiger partial charge in [-0.25, -0.2) is 0 Å². The third-order valence-corrected chi connectivity index (χ3v) is 3.62. The highest BCUT2D eigenvalue weighted by atomic mass is 79.9. The molecule has 0 aromatic heterocycles. The summed E-state index contributed by atoms with van der Waals surface area (Å²) in [4.78, 5) is 12.9. The van der Waals surface area contributed by atoms with Crippen LogP contribution >= 0.6 is 27.5 Å². The SMILES string of the molecule is CC=O.Clc1cc(Oc2ccc(Br)cc2)ccc1N1CN=CN1. The van der Waals surface area contributed by atoms with Gasteiger partial charge in [0.05, 0.1) is 10.7 Å². The molecule has 1 heterocycles. The number of carbonyl (C=O) groups is 1. The van der Waals surface area contributed by atoms with Crippen LogP contribution in [0.3, 0.4) is 0 Å². The van der Waals surface area contributed by atoms with Crippen molar-refractivity contribution in [1.82, 2.24) is 5.43 Å². The maximum atomic E-state index is 8.81. The molecule has 3 rings (SSSR count). The van der Waals surface area contributed by atoms with E-state index in [4.69, 9.17) is 21.1 Å². The fourth-order valence-corrected chi connectivity index (χ4v) is 2.37. The van der Waals surface area contributed by atoms with E-state index in [1.54, 1.807) is 12.4 Å². The van der Waals surface area contributed by atoms with Gasteiger partial charge in [0, 0.05) is 10.5 Å². The van der Waals surface area contributed by atoms with Crippen molar-refractivity contribution in [2.45, 2.75) is 6.92 Å². The lowest BCUT2D eigenvalue weighted by Crippen LogP contribution is -2.31. The van der Waals surface area contributed by atoms with E-state index in [0.29, 0.717) is 17.4 Å². The first-order valence-electron chi connectivity index (χ1n) is 6.79. The molecule has 2 aromatic rings. The molecule has 0 saturated carbocycles. The molecule has 1 N–H and O–H groups in total. The summed E-state index contributed by atoms with van der Waals surface area (Å²) in [6.45, 7) is 1.99. The van der Waals surface area contributed by atoms with E-state index in [1.165, 1.54) is 6.92 Å². The number of carbonyl (C=O) groups excluding carboxylic acids is 1. The molecule has 0 bridgehead atoms. The standard InChI is InChI=1S/C14H11BrClN3O.C2H4O/c15-10-1-3-11(4-2-10)20-12-5-6-14(13(16)7-12)19-9-17-8-18-19;1-2-3/h1-8H,9H2,(H,17,18);2H,1H3. The monoisotopic (exact) mass is 395 g/mol. The maximum absolute atomic E-state index is 8.81. The number of rotatable bonds is 3. The van der Waals surface area contributed by atoms with Gasteiger partial charge < -0.3 is 9.53 Å². The van der Waals surface area contributed by atoms with E-state index in [9.17, 15) is 0 Å². The molecular weight excluding hydrogens is 382 g/mol. The maximum Gasteiger partial charge on any atom is 0.131 e. The van der Waals surface area contributed by atoms with Crippen molar-refractivity contribution in [2.24, 2.45) is 4.99 Å². The summed E-state index contributed by atoms with van der Waals surface area (Å²) in [6, 6.07) is 13.2. The highest BCUT2D eigenvalue weighted by molar-refractivity contribution is 9.10. The van der Waals surface area contributed by atoms with Crippen LogP contribution in [0.5, 0.6) is 11.5 Å². The lowest BCUT2D eigenvalue weighted by atomic mass is 10.3. The van der Waals surface area contributed by atoms with Gasteiger partial charge >= 0.3 is 0 Å². The van der Waals surface area contributed by atoms with E-state index in [2.05, 4.69) is 26.3 Å². The molecule has 2 aromatic carbocycles. The molecule has 0 amide bonds. The molecule has 0 saturated heterocycles. The minimum Gasteiger partial charge on any atom is -0.457 e. The van der Waals surface area contributed by atoms with Crippen LogP contribution in [0.25, 0.3) is 0 Å². The summed E-state index contributed by atoms with van der Waals surface area (Å²) in [5.41, 5.74) is 3.87. The highest BCUT2D eigenvalue weighted by Gasteiger charge is 2.12. The molecule has 23 heavy (non-hydrogen) atoms. The summed E-state index contributed by atoms with van der Waals surface area (Å²) in [6.07, 6.45) is 2.39. The fraction of sp³-hybridized carbons (Fsp3) is 0.125. The average Bonchev–Trinajstić information content (AvgIpc) is 3.05. The first kappa shape index (κ1) is 17.3. The molecular formula is C16H15BrClN3O2. The molecule has 7 heteroatoms. The molecule has 0 atom stereocenters. The second-order valence-electron chi connectivity index (χ2n) is 4.42. The summed E-state index contributed by atoms with van der Waals surface area (Å²) in [7, 11) is 0. The molecule has 0 aliphatic carbocycles. The van der Waals surface area contributed by atoms with Crippen LogP contribution < -0.4 is 15.2 Å². The second kappa shape index (κ2) is 8.55.